The molecule has 1 aliphatic carbocycles. The second-order valence-electron chi connectivity index (χ2n) is 4.40. The lowest BCUT2D eigenvalue weighted by Crippen LogP contribution is -2.31. The summed E-state index contributed by atoms with van der Waals surface area (Å²) in [7, 11) is 0. The van der Waals surface area contributed by atoms with Gasteiger partial charge < -0.3 is 4.57 Å². The Balaban J connectivity index is 2.25. The lowest BCUT2D eigenvalue weighted by atomic mass is 9.70. The molecule has 1 aromatic heterocycles. The number of nitrogens with one attached hydrogen (secondary N) is 1. The second kappa shape index (κ2) is 3.35. The Morgan fingerprint density at radius 2 is 2.36 bits per heavy atom. The first-order valence-electron chi connectivity index (χ1n) is 4.89. The van der Waals surface area contributed by atoms with Gasteiger partial charge in [0.1, 0.15) is 0 Å². The number of rotatable bonds is 2. The molecule has 4 heteroatoms. The molecule has 3 nitrogen and oxygen atoms in total. The van der Waals surface area contributed by atoms with Gasteiger partial charge in [-0.05, 0) is 30.5 Å². The standard InChI is InChI=1S/C10H14N2OS/c1-10(4-2-5-10)7-12-6-3-8(13)11-9(12)14/h3,6H,2,4-5,7H2,1H3,(H,11,13,14). The van der Waals surface area contributed by atoms with E-state index in [0.29, 0.717) is 10.2 Å². The maximum absolute atomic E-state index is 11.0. The van der Waals surface area contributed by atoms with E-state index in [0.717, 1.165) is 6.54 Å². The Hall–Kier alpha value is -0.900. The molecule has 1 aromatic rings. The quantitative estimate of drug-likeness (QED) is 0.759. The molecular weight excluding hydrogens is 196 g/mol. The summed E-state index contributed by atoms with van der Waals surface area (Å²) in [6.45, 7) is 3.19. The van der Waals surface area contributed by atoms with Gasteiger partial charge in [-0.2, -0.15) is 0 Å². The van der Waals surface area contributed by atoms with E-state index in [4.69, 9.17) is 12.2 Å². The van der Waals surface area contributed by atoms with Crippen LogP contribution in [0.15, 0.2) is 17.1 Å². The normalized spacial score (nSPS) is 18.9. The first-order valence-corrected chi connectivity index (χ1v) is 5.30. The highest BCUT2D eigenvalue weighted by molar-refractivity contribution is 7.71. The topological polar surface area (TPSA) is 37.8 Å². The van der Waals surface area contributed by atoms with Crippen molar-refractivity contribution >= 4 is 12.2 Å². The van der Waals surface area contributed by atoms with Gasteiger partial charge in [-0.15, -0.1) is 0 Å². The van der Waals surface area contributed by atoms with Gasteiger partial charge in [0.25, 0.3) is 5.56 Å². The fourth-order valence-corrected chi connectivity index (χ4v) is 2.14. The molecular formula is C10H14N2OS. The average molecular weight is 210 g/mol. The Kier molecular flexibility index (Phi) is 2.31. The molecule has 0 aliphatic heterocycles. The summed E-state index contributed by atoms with van der Waals surface area (Å²) < 4.78 is 2.49. The minimum atomic E-state index is -0.120. The van der Waals surface area contributed by atoms with Gasteiger partial charge in [0.2, 0.25) is 0 Å². The highest BCUT2D eigenvalue weighted by Crippen LogP contribution is 2.41. The average Bonchev–Trinajstić information content (AvgIpc) is 2.07. The van der Waals surface area contributed by atoms with Crippen LogP contribution >= 0.6 is 12.2 Å². The zero-order chi connectivity index (χ0) is 10.2. The zero-order valence-electron chi connectivity index (χ0n) is 8.25. The van der Waals surface area contributed by atoms with Crippen LogP contribution in [-0.4, -0.2) is 9.55 Å². The van der Waals surface area contributed by atoms with Crippen molar-refractivity contribution < 1.29 is 0 Å². The van der Waals surface area contributed by atoms with Gasteiger partial charge in [-0.3, -0.25) is 9.78 Å². The highest BCUT2D eigenvalue weighted by atomic mass is 32.1. The molecule has 0 bridgehead atoms. The highest BCUT2D eigenvalue weighted by Gasteiger charge is 2.31. The van der Waals surface area contributed by atoms with Gasteiger partial charge >= 0.3 is 0 Å². The Morgan fingerprint density at radius 1 is 1.64 bits per heavy atom. The van der Waals surface area contributed by atoms with Gasteiger partial charge in [-0.1, -0.05) is 13.3 Å². The number of aromatic amines is 1. The van der Waals surface area contributed by atoms with Gasteiger partial charge in [0.05, 0.1) is 0 Å². The molecule has 0 atom stereocenters. The van der Waals surface area contributed by atoms with Crippen molar-refractivity contribution in [1.29, 1.82) is 0 Å². The molecule has 0 aromatic carbocycles. The van der Waals surface area contributed by atoms with E-state index in [1.807, 2.05) is 4.57 Å². The first kappa shape index (κ1) is 9.65. The summed E-state index contributed by atoms with van der Waals surface area (Å²) in [5, 5.41) is 0. The van der Waals surface area contributed by atoms with E-state index in [1.165, 1.54) is 25.3 Å². The van der Waals surface area contributed by atoms with Crippen LogP contribution in [0, 0.1) is 10.2 Å². The summed E-state index contributed by atoms with van der Waals surface area (Å²) in [5.74, 6) is 0. The predicted molar refractivity (Wildman–Crippen MR) is 57.8 cm³/mol. The Morgan fingerprint density at radius 3 is 2.86 bits per heavy atom. The van der Waals surface area contributed by atoms with Crippen LogP contribution in [-0.2, 0) is 6.54 Å². The van der Waals surface area contributed by atoms with Crippen molar-refractivity contribution in [2.75, 3.05) is 0 Å². The molecule has 76 valence electrons. The van der Waals surface area contributed by atoms with Crippen molar-refractivity contribution in [1.82, 2.24) is 9.55 Å². The van der Waals surface area contributed by atoms with Crippen LogP contribution in [0.2, 0.25) is 0 Å². The fourth-order valence-electron chi connectivity index (χ4n) is 1.92. The number of nitrogens with zero attached hydrogens (tertiary/aromatic N) is 1. The molecule has 0 radical (unpaired) electrons. The van der Waals surface area contributed by atoms with Crippen LogP contribution in [0.3, 0.4) is 0 Å². The largest absolute Gasteiger partial charge is 0.325 e. The van der Waals surface area contributed by atoms with E-state index >= 15 is 0 Å². The number of hydrogen-bond acceptors (Lipinski definition) is 2. The van der Waals surface area contributed by atoms with Crippen LogP contribution in [0.1, 0.15) is 26.2 Å². The SMILES string of the molecule is CC1(Cn2ccc(=O)[nH]c2=S)CCC1. The summed E-state index contributed by atoms with van der Waals surface area (Å²) >= 11 is 5.09. The smallest absolute Gasteiger partial charge is 0.251 e. The third kappa shape index (κ3) is 1.80. The number of hydrogen-bond donors (Lipinski definition) is 1. The summed E-state index contributed by atoms with van der Waals surface area (Å²) in [4.78, 5) is 13.6. The van der Waals surface area contributed by atoms with E-state index in [1.54, 1.807) is 6.20 Å². The number of H-pyrrole nitrogens is 1. The molecule has 14 heavy (non-hydrogen) atoms. The summed E-state index contributed by atoms with van der Waals surface area (Å²) in [6.07, 6.45) is 5.61. The minimum absolute atomic E-state index is 0.120. The Bertz CT molecular complexity index is 442. The molecule has 1 N–H and O–H groups in total. The third-order valence-corrected chi connectivity index (χ3v) is 3.35. The fraction of sp³-hybridized carbons (Fsp3) is 0.600. The third-order valence-electron chi connectivity index (χ3n) is 3.01. The molecule has 1 fully saturated rings. The van der Waals surface area contributed by atoms with Crippen molar-refractivity contribution in [2.24, 2.45) is 5.41 Å². The molecule has 0 saturated heterocycles. The van der Waals surface area contributed by atoms with E-state index < -0.39 is 0 Å². The van der Waals surface area contributed by atoms with E-state index in [-0.39, 0.29) is 5.56 Å². The maximum atomic E-state index is 11.0. The van der Waals surface area contributed by atoms with Crippen LogP contribution in [0.25, 0.3) is 0 Å². The maximum Gasteiger partial charge on any atom is 0.251 e. The lowest BCUT2D eigenvalue weighted by Gasteiger charge is -2.38. The van der Waals surface area contributed by atoms with E-state index in [9.17, 15) is 4.79 Å². The molecule has 0 amide bonds. The predicted octanol–water partition coefficient (Wildman–Crippen LogP) is 2.10. The summed E-state index contributed by atoms with van der Waals surface area (Å²) in [6, 6.07) is 1.53. The monoisotopic (exact) mass is 210 g/mol. The molecule has 1 aliphatic rings. The molecule has 1 heterocycles. The van der Waals surface area contributed by atoms with Crippen molar-refractivity contribution in [3.63, 3.8) is 0 Å². The molecule has 0 spiro atoms. The summed E-state index contributed by atoms with van der Waals surface area (Å²) in [5.41, 5.74) is 0.265. The minimum Gasteiger partial charge on any atom is -0.325 e. The van der Waals surface area contributed by atoms with Gasteiger partial charge in [0, 0.05) is 18.8 Å². The first-order chi connectivity index (χ1) is 6.59. The molecule has 0 unspecified atom stereocenters. The van der Waals surface area contributed by atoms with E-state index in [2.05, 4.69) is 11.9 Å². The molecule has 1 saturated carbocycles. The van der Waals surface area contributed by atoms with Gasteiger partial charge in [0.15, 0.2) is 4.77 Å². The van der Waals surface area contributed by atoms with Crippen LogP contribution < -0.4 is 5.56 Å². The Labute approximate surface area is 87.8 Å². The second-order valence-corrected chi connectivity index (χ2v) is 4.79. The zero-order valence-corrected chi connectivity index (χ0v) is 9.06. The lowest BCUT2D eigenvalue weighted by molar-refractivity contribution is 0.130. The van der Waals surface area contributed by atoms with Crippen molar-refractivity contribution in [3.05, 3.63) is 27.4 Å². The van der Waals surface area contributed by atoms with Crippen molar-refractivity contribution in [2.45, 2.75) is 32.7 Å². The number of aromatic nitrogens is 2. The van der Waals surface area contributed by atoms with Crippen LogP contribution in [0.5, 0.6) is 0 Å². The van der Waals surface area contributed by atoms with Gasteiger partial charge in [-0.25, -0.2) is 0 Å². The van der Waals surface area contributed by atoms with Crippen LogP contribution in [0.4, 0.5) is 0 Å². The molecule has 2 rings (SSSR count). The van der Waals surface area contributed by atoms with Crippen molar-refractivity contribution in [3.8, 4) is 0 Å².